The first-order valence-electron chi connectivity index (χ1n) is 49.1. The van der Waals surface area contributed by atoms with Gasteiger partial charge in [0.05, 0.1) is 17.5 Å². The van der Waals surface area contributed by atoms with E-state index in [1.165, 1.54) is 19.1 Å². The van der Waals surface area contributed by atoms with Gasteiger partial charge < -0.3 is 82.2 Å². The van der Waals surface area contributed by atoms with Crippen molar-refractivity contribution in [3.05, 3.63) is 338 Å². The van der Waals surface area contributed by atoms with Gasteiger partial charge in [-0.05, 0) is 187 Å². The molecule has 7 atom stereocenters. The highest BCUT2D eigenvalue weighted by Crippen LogP contribution is 2.46. The summed E-state index contributed by atoms with van der Waals surface area (Å²) in [6.45, 7) is 7.14. The lowest BCUT2D eigenvalue weighted by Crippen LogP contribution is -2.60. The van der Waals surface area contributed by atoms with Crippen LogP contribution in [0.2, 0.25) is 0 Å². The fourth-order valence-corrected chi connectivity index (χ4v) is 18.8. The molecule has 34 heteroatoms. The van der Waals surface area contributed by atoms with E-state index in [0.717, 1.165) is 70.9 Å². The van der Waals surface area contributed by atoms with E-state index >= 15 is 24.0 Å². The summed E-state index contributed by atoms with van der Waals surface area (Å²) in [5.41, 5.74) is 11.2. The van der Waals surface area contributed by atoms with Crippen molar-refractivity contribution in [3.63, 3.8) is 0 Å². The standard InChI is InChI=1S/C113H124BrN13O19S/c1-72-48-56-82(57-49-72)147(140,141)127-109(115)116-62-28-47-96(105(133)124-98(66-77-50-53-78-33-12-13-34-79(78)63-77)103(131)119-67-101(129)120-97(58-59-102(130)143-68-76-31-10-7-11-32-76)106(134)121-94(73(2)128)45-24-26-60-117-110(137)144-70-91-87-40-19-15-36-83(87)84-37-16-20-41-88(84)91)122-104(132)95(46-25-27-61-118-111(138)145-71-92-89-42-21-17-38-85(89)86-39-18-22-43-90(86)92)123-107(135)99(65-75-51-54-81(55-52-75)142-69-80-35-14-23-44-93(80)114)125-108(136)100(64-74-29-8-6-9-30-74)126-112(139)146-113(3,4)5/h6-23,29-44,48-57,63,91-92,94-100H,24-28,45-47,58-62,64-71H2,1-5H3,(H13,115,116,117,118,119,120,121,122,123,124,125,126,127,129,131,132,133,134,135,136,137,138,139)/p-1/t94-,95-,96+,97+,98-,99-,100-/m0/s1. The number of Topliss-reactive ketones (excluding diaryl/α,β-unsaturated/α-hetero) is 1. The van der Waals surface area contributed by atoms with E-state index in [9.17, 15) is 42.0 Å². The third kappa shape index (κ3) is 32.7. The van der Waals surface area contributed by atoms with Crippen LogP contribution in [-0.4, -0.2) is 173 Å². The number of hydrogen-bond acceptors (Lipinski definition) is 20. The van der Waals surface area contributed by atoms with E-state index < -0.39 is 148 Å². The maximum atomic E-state index is 15.9. The van der Waals surface area contributed by atoms with Gasteiger partial charge in [0.1, 0.15) is 74.0 Å². The first-order chi connectivity index (χ1) is 70.8. The van der Waals surface area contributed by atoms with Gasteiger partial charge in [0.25, 0.3) is 10.0 Å². The SMILES string of the molecule is CC(=O)[C@H](CCCCNC(=O)OCC1c2ccccc2-c2ccccc21)NC(=O)[C@@H](CCC(=O)OCc1ccccc1)NC(=O)CNC(=O)[C@H](Cc1ccc2ccccc2c1)NC(=O)[C@@H](CCCNC(=N)NS(=O)(=O)c1ccc(C)cc1)NC(=O)[C@H](CCCC[N-]C(=O)OCC1c2ccccc2-c2ccccc21)NC(=O)[C@H](Cc1ccc(OCc2ccccc2Br)cc1)NC(=O)[C@H](Cc1ccccc1)NC(=O)OC(C)(C)C. The molecule has 0 aliphatic heterocycles. The van der Waals surface area contributed by atoms with Crippen molar-refractivity contribution in [1.82, 2.24) is 57.9 Å². The van der Waals surface area contributed by atoms with E-state index in [1.54, 1.807) is 143 Å². The maximum Gasteiger partial charge on any atom is 0.408 e. The highest BCUT2D eigenvalue weighted by molar-refractivity contribution is 9.10. The molecule has 11 aromatic rings. The van der Waals surface area contributed by atoms with Crippen molar-refractivity contribution >= 4 is 114 Å². The molecule has 0 fully saturated rings. The summed E-state index contributed by atoms with van der Waals surface area (Å²) in [6, 6.07) is 71.6. The average molecular weight is 2080 g/mol. The first kappa shape index (κ1) is 109. The van der Waals surface area contributed by atoms with Crippen LogP contribution in [0.3, 0.4) is 0 Å². The Hall–Kier alpha value is -15.6. The minimum Gasteiger partial charge on any atom is -0.617 e. The van der Waals surface area contributed by atoms with E-state index in [-0.39, 0.29) is 127 Å². The second-order valence-corrected chi connectivity index (χ2v) is 39.8. The molecule has 2 aliphatic rings. The average Bonchev–Trinajstić information content (AvgIpc) is 1.62. The second-order valence-electron chi connectivity index (χ2n) is 37.2. The first-order valence-corrected chi connectivity index (χ1v) is 51.4. The number of rotatable bonds is 50. The van der Waals surface area contributed by atoms with Crippen LogP contribution in [0.5, 0.6) is 5.75 Å². The number of hydrogen-bond donors (Lipinski definition) is 12. The number of aryl methyl sites for hydroxylation is 1. The minimum absolute atomic E-state index is 0.0187. The number of fused-ring (bicyclic) bond motifs is 7. The Morgan fingerprint density at radius 2 is 0.878 bits per heavy atom. The molecule has 0 saturated carbocycles. The number of sulfonamides is 1. The number of esters is 1. The number of amides is 10. The number of carbonyl (C=O) groups is 12. The number of halogens is 1. The molecule has 2 aliphatic carbocycles. The third-order valence-electron chi connectivity index (χ3n) is 25.1. The molecule has 0 unspecified atom stereocenters. The molecule has 13 rings (SSSR count). The summed E-state index contributed by atoms with van der Waals surface area (Å²) in [5, 5.41) is 42.0. The van der Waals surface area contributed by atoms with Crippen LogP contribution in [0.4, 0.5) is 14.4 Å². The van der Waals surface area contributed by atoms with Crippen molar-refractivity contribution < 1.29 is 89.6 Å². The number of nitrogens with one attached hydrogen (secondary N) is 12. The lowest BCUT2D eigenvalue weighted by molar-refractivity contribution is -0.145. The van der Waals surface area contributed by atoms with Crippen LogP contribution in [0.15, 0.2) is 282 Å². The van der Waals surface area contributed by atoms with Crippen molar-refractivity contribution in [2.45, 2.75) is 196 Å². The van der Waals surface area contributed by atoms with Gasteiger partial charge in [-0.25, -0.2) is 22.7 Å². The Labute approximate surface area is 863 Å². The molecule has 11 aromatic carbocycles. The van der Waals surface area contributed by atoms with Crippen LogP contribution in [-0.2, 0) is 105 Å². The van der Waals surface area contributed by atoms with Gasteiger partial charge in [-0.1, -0.05) is 277 Å². The molecule has 0 saturated heterocycles. The Morgan fingerprint density at radius 3 is 1.46 bits per heavy atom. The van der Waals surface area contributed by atoms with E-state index in [4.69, 9.17) is 29.1 Å². The fourth-order valence-electron chi connectivity index (χ4n) is 17.5. The molecule has 0 spiro atoms. The highest BCUT2D eigenvalue weighted by atomic mass is 79.9. The largest absolute Gasteiger partial charge is 0.617 e. The lowest BCUT2D eigenvalue weighted by atomic mass is 9.98. The predicted octanol–water partition coefficient (Wildman–Crippen LogP) is 15.0. The number of ether oxygens (including phenoxy) is 5. The minimum atomic E-state index is -4.31. The van der Waals surface area contributed by atoms with Gasteiger partial charge in [0.2, 0.25) is 53.4 Å². The van der Waals surface area contributed by atoms with Crippen molar-refractivity contribution in [3.8, 4) is 28.0 Å². The van der Waals surface area contributed by atoms with Gasteiger partial charge >= 0.3 is 18.2 Å². The summed E-state index contributed by atoms with van der Waals surface area (Å²) >= 11 is 3.57. The molecule has 10 amide bonds. The summed E-state index contributed by atoms with van der Waals surface area (Å²) in [4.78, 5) is 174. The monoisotopic (exact) mass is 2080 g/mol. The quantitative estimate of drug-likeness (QED) is 0.00554. The topological polar surface area (TPSA) is 455 Å². The summed E-state index contributed by atoms with van der Waals surface area (Å²) in [6.07, 6.45) is -3.51. The second kappa shape index (κ2) is 53.3. The van der Waals surface area contributed by atoms with Gasteiger partial charge in [-0.2, -0.15) is 0 Å². The Kier molecular flexibility index (Phi) is 39.4. The van der Waals surface area contributed by atoms with Crippen LogP contribution in [0.1, 0.15) is 159 Å². The lowest BCUT2D eigenvalue weighted by Gasteiger charge is -2.28. The van der Waals surface area contributed by atoms with Gasteiger partial charge in [0, 0.05) is 60.6 Å². The van der Waals surface area contributed by atoms with Crippen LogP contribution < -0.4 is 62.6 Å². The smallest absolute Gasteiger partial charge is 0.408 e. The summed E-state index contributed by atoms with van der Waals surface area (Å²) in [5.74, 6) is -8.33. The van der Waals surface area contributed by atoms with Gasteiger partial charge in [-0.3, -0.25) is 53.4 Å². The summed E-state index contributed by atoms with van der Waals surface area (Å²) in [7, 11) is -4.31. The van der Waals surface area contributed by atoms with Crippen LogP contribution in [0, 0.1) is 12.3 Å². The van der Waals surface area contributed by atoms with E-state index in [2.05, 4.69) is 79.1 Å². The number of carbonyl (C=O) groups excluding carboxylic acids is 12. The number of alkyl carbamates (subject to hydrolysis) is 2. The molecule has 0 aromatic heterocycles. The zero-order chi connectivity index (χ0) is 104. The molecule has 0 radical (unpaired) electrons. The van der Waals surface area contributed by atoms with E-state index in [1.807, 2.05) is 146 Å². The molecular weight excluding hydrogens is 1960 g/mol. The third-order valence-corrected chi connectivity index (χ3v) is 27.2. The molecule has 768 valence electrons. The van der Waals surface area contributed by atoms with Gasteiger partial charge in [-0.15, -0.1) is 6.54 Å². The molecule has 32 nitrogen and oxygen atoms in total. The van der Waals surface area contributed by atoms with Crippen LogP contribution in [0.25, 0.3) is 38.3 Å². The predicted molar refractivity (Wildman–Crippen MR) is 561 cm³/mol. The van der Waals surface area contributed by atoms with Crippen molar-refractivity contribution in [2.24, 2.45) is 0 Å². The molecule has 12 N–H and O–H groups in total. The summed E-state index contributed by atoms with van der Waals surface area (Å²) < 4.78 is 59.1. The van der Waals surface area contributed by atoms with Gasteiger partial charge in [0.15, 0.2) is 5.78 Å². The number of benzene rings is 11. The van der Waals surface area contributed by atoms with E-state index in [0.29, 0.717) is 40.8 Å². The number of nitrogens with zero attached hydrogens (tertiary/aromatic N) is 1. The van der Waals surface area contributed by atoms with Crippen molar-refractivity contribution in [1.29, 1.82) is 5.41 Å². The zero-order valence-corrected chi connectivity index (χ0v) is 84.9. The number of ketones is 1. The Balaban J connectivity index is 0.754. The Morgan fingerprint density at radius 1 is 0.415 bits per heavy atom. The maximum absolute atomic E-state index is 15.9. The van der Waals surface area contributed by atoms with Crippen molar-refractivity contribution in [2.75, 3.05) is 39.4 Å². The molecule has 147 heavy (non-hydrogen) atoms. The normalized spacial score (nSPS) is 13.3. The highest BCUT2D eigenvalue weighted by Gasteiger charge is 2.37. The fraction of sp³-hybridized carbons (Fsp3) is 0.319. The Bertz CT molecular complexity index is 6500. The number of unbranched alkanes of at least 4 members (excludes halogenated alkanes) is 2. The molecular formula is C113H123BrN13O19S-. The molecule has 0 heterocycles. The molecule has 0 bridgehead atoms. The number of guanidine groups is 1. The van der Waals surface area contributed by atoms with Crippen LogP contribution >= 0.6 is 15.9 Å². The zero-order valence-electron chi connectivity index (χ0n) is 82.5.